The minimum atomic E-state index is -0.375. The Morgan fingerprint density at radius 1 is 1.67 bits per heavy atom. The largest absolute Gasteiger partial charge is 0.398 e. The predicted octanol–water partition coefficient (Wildman–Crippen LogP) is 1.03. The summed E-state index contributed by atoms with van der Waals surface area (Å²) < 4.78 is 0. The van der Waals surface area contributed by atoms with Gasteiger partial charge in [-0.25, -0.2) is 0 Å². The number of anilines is 1. The van der Waals surface area contributed by atoms with Crippen LogP contribution >= 0.6 is 11.6 Å². The van der Waals surface area contributed by atoms with Crippen LogP contribution in [0, 0.1) is 0 Å². The van der Waals surface area contributed by atoms with Crippen molar-refractivity contribution in [3.05, 3.63) is 28.8 Å². The molecule has 0 heterocycles. The zero-order valence-corrected chi connectivity index (χ0v) is 9.08. The lowest BCUT2D eigenvalue weighted by atomic mass is 10.1. The second kappa shape index (κ2) is 5.00. The van der Waals surface area contributed by atoms with Crippen LogP contribution in [-0.2, 0) is 0 Å². The number of aliphatic hydroxyl groups excluding tert-OH is 1. The number of halogens is 1. The Balaban J connectivity index is 2.91. The maximum absolute atomic E-state index is 11.7. The van der Waals surface area contributed by atoms with E-state index in [0.717, 1.165) is 0 Å². The highest BCUT2D eigenvalue weighted by atomic mass is 35.5. The van der Waals surface area contributed by atoms with Gasteiger partial charge in [-0.1, -0.05) is 17.7 Å². The molecule has 0 radical (unpaired) electrons. The van der Waals surface area contributed by atoms with Crippen molar-refractivity contribution in [1.82, 2.24) is 5.32 Å². The van der Waals surface area contributed by atoms with Gasteiger partial charge in [0.2, 0.25) is 0 Å². The van der Waals surface area contributed by atoms with E-state index < -0.39 is 0 Å². The average molecular weight is 229 g/mol. The van der Waals surface area contributed by atoms with Crippen molar-refractivity contribution in [2.45, 2.75) is 13.0 Å². The summed E-state index contributed by atoms with van der Waals surface area (Å²) in [7, 11) is 0. The fraction of sp³-hybridized carbons (Fsp3) is 0.300. The molecule has 1 rings (SSSR count). The van der Waals surface area contributed by atoms with Gasteiger partial charge in [-0.3, -0.25) is 4.79 Å². The van der Waals surface area contributed by atoms with E-state index in [4.69, 9.17) is 22.4 Å². The minimum absolute atomic E-state index is 0.129. The first-order valence-corrected chi connectivity index (χ1v) is 4.89. The highest BCUT2D eigenvalue weighted by Gasteiger charge is 2.15. The van der Waals surface area contributed by atoms with Crippen LogP contribution in [-0.4, -0.2) is 23.7 Å². The molecular weight excluding hydrogens is 216 g/mol. The molecule has 15 heavy (non-hydrogen) atoms. The van der Waals surface area contributed by atoms with E-state index in [2.05, 4.69) is 5.32 Å². The Kier molecular flexibility index (Phi) is 3.94. The fourth-order valence-corrected chi connectivity index (χ4v) is 1.39. The number of rotatable bonds is 3. The zero-order chi connectivity index (χ0) is 11.4. The average Bonchev–Trinajstić information content (AvgIpc) is 2.17. The number of nitrogen functional groups attached to an aromatic ring is 1. The number of carbonyl (C=O) groups excluding carboxylic acids is 1. The molecule has 82 valence electrons. The van der Waals surface area contributed by atoms with E-state index >= 15 is 0 Å². The quantitative estimate of drug-likeness (QED) is 0.677. The second-order valence-electron chi connectivity index (χ2n) is 3.26. The standard InChI is InChI=1S/C10H13ClN2O2/c1-6(5-14)13-10(15)9-7(11)3-2-4-8(9)12/h2-4,6,14H,5,12H2,1H3,(H,13,15)/t6-/m1/s1. The molecule has 0 saturated heterocycles. The molecule has 1 amide bonds. The van der Waals surface area contributed by atoms with Gasteiger partial charge in [0.05, 0.1) is 17.2 Å². The van der Waals surface area contributed by atoms with Gasteiger partial charge in [0, 0.05) is 11.7 Å². The molecule has 0 unspecified atom stereocenters. The van der Waals surface area contributed by atoms with Crippen LogP contribution in [0.1, 0.15) is 17.3 Å². The fourth-order valence-electron chi connectivity index (χ4n) is 1.12. The molecule has 0 aliphatic heterocycles. The number of hydrogen-bond donors (Lipinski definition) is 3. The summed E-state index contributed by atoms with van der Waals surface area (Å²) in [6.45, 7) is 1.56. The maximum atomic E-state index is 11.7. The van der Waals surface area contributed by atoms with E-state index in [-0.39, 0.29) is 24.1 Å². The number of carbonyl (C=O) groups is 1. The second-order valence-corrected chi connectivity index (χ2v) is 3.67. The van der Waals surface area contributed by atoms with Crippen LogP contribution in [0.15, 0.2) is 18.2 Å². The Labute approximate surface area is 93.0 Å². The number of amides is 1. The van der Waals surface area contributed by atoms with Crippen molar-refractivity contribution in [3.63, 3.8) is 0 Å². The van der Waals surface area contributed by atoms with Gasteiger partial charge in [0.1, 0.15) is 0 Å². The lowest BCUT2D eigenvalue weighted by Crippen LogP contribution is -2.35. The summed E-state index contributed by atoms with van der Waals surface area (Å²) in [6.07, 6.45) is 0. The normalized spacial score (nSPS) is 12.2. The molecule has 1 aromatic rings. The van der Waals surface area contributed by atoms with Crippen LogP contribution in [0.25, 0.3) is 0 Å². The highest BCUT2D eigenvalue weighted by molar-refractivity contribution is 6.34. The Morgan fingerprint density at radius 3 is 2.87 bits per heavy atom. The van der Waals surface area contributed by atoms with Crippen LogP contribution in [0.5, 0.6) is 0 Å². The Bertz CT molecular complexity index is 348. The molecule has 1 atom stereocenters. The SMILES string of the molecule is C[C@H](CO)NC(=O)c1c(N)cccc1Cl. The van der Waals surface area contributed by atoms with Crippen LogP contribution < -0.4 is 11.1 Å². The summed E-state index contributed by atoms with van der Waals surface area (Å²) in [5.74, 6) is -0.375. The highest BCUT2D eigenvalue weighted by Crippen LogP contribution is 2.21. The molecular formula is C10H13ClN2O2. The van der Waals surface area contributed by atoms with Crippen LogP contribution in [0.3, 0.4) is 0 Å². The van der Waals surface area contributed by atoms with Gasteiger partial charge in [-0.05, 0) is 19.1 Å². The number of nitrogens with one attached hydrogen (secondary N) is 1. The molecule has 0 aliphatic carbocycles. The monoisotopic (exact) mass is 228 g/mol. The summed E-state index contributed by atoms with van der Waals surface area (Å²) in [5, 5.41) is 11.7. The molecule has 1 aromatic carbocycles. The zero-order valence-electron chi connectivity index (χ0n) is 8.33. The van der Waals surface area contributed by atoms with E-state index in [1.807, 2.05) is 0 Å². The van der Waals surface area contributed by atoms with Gasteiger partial charge in [0.25, 0.3) is 5.91 Å². The smallest absolute Gasteiger partial charge is 0.255 e. The van der Waals surface area contributed by atoms with E-state index in [1.165, 1.54) is 0 Å². The lowest BCUT2D eigenvalue weighted by molar-refractivity contribution is 0.0923. The van der Waals surface area contributed by atoms with Crippen molar-refractivity contribution < 1.29 is 9.90 Å². The molecule has 4 N–H and O–H groups in total. The third-order valence-electron chi connectivity index (χ3n) is 1.92. The molecule has 0 fully saturated rings. The minimum Gasteiger partial charge on any atom is -0.398 e. The number of nitrogens with two attached hydrogens (primary N) is 1. The maximum Gasteiger partial charge on any atom is 0.255 e. The Morgan fingerprint density at radius 2 is 2.33 bits per heavy atom. The van der Waals surface area contributed by atoms with Crippen LogP contribution in [0.4, 0.5) is 5.69 Å². The molecule has 4 nitrogen and oxygen atoms in total. The number of benzene rings is 1. The predicted molar refractivity (Wildman–Crippen MR) is 59.9 cm³/mol. The number of hydrogen-bond acceptors (Lipinski definition) is 3. The molecule has 0 aromatic heterocycles. The molecule has 5 heteroatoms. The van der Waals surface area contributed by atoms with Gasteiger partial charge in [-0.15, -0.1) is 0 Å². The summed E-state index contributed by atoms with van der Waals surface area (Å²) in [5.41, 5.74) is 6.21. The molecule has 0 saturated carbocycles. The summed E-state index contributed by atoms with van der Waals surface area (Å²) in [4.78, 5) is 11.7. The summed E-state index contributed by atoms with van der Waals surface area (Å²) >= 11 is 5.85. The van der Waals surface area contributed by atoms with Gasteiger partial charge >= 0.3 is 0 Å². The van der Waals surface area contributed by atoms with Gasteiger partial charge < -0.3 is 16.2 Å². The first kappa shape index (κ1) is 11.8. The topological polar surface area (TPSA) is 75.3 Å². The van der Waals surface area contributed by atoms with Crippen molar-refractivity contribution in [1.29, 1.82) is 0 Å². The molecule has 0 aliphatic rings. The third-order valence-corrected chi connectivity index (χ3v) is 2.24. The van der Waals surface area contributed by atoms with Crippen LogP contribution in [0.2, 0.25) is 5.02 Å². The Hall–Kier alpha value is -1.26. The van der Waals surface area contributed by atoms with E-state index in [1.54, 1.807) is 25.1 Å². The first-order chi connectivity index (χ1) is 7.06. The van der Waals surface area contributed by atoms with Crippen molar-refractivity contribution in [3.8, 4) is 0 Å². The lowest BCUT2D eigenvalue weighted by Gasteiger charge is -2.12. The van der Waals surface area contributed by atoms with E-state index in [0.29, 0.717) is 10.7 Å². The summed E-state index contributed by atoms with van der Waals surface area (Å²) in [6, 6.07) is 4.54. The van der Waals surface area contributed by atoms with Crippen molar-refractivity contribution in [2.75, 3.05) is 12.3 Å². The number of aliphatic hydroxyl groups is 1. The molecule has 0 spiro atoms. The molecule has 0 bridgehead atoms. The first-order valence-electron chi connectivity index (χ1n) is 4.52. The van der Waals surface area contributed by atoms with E-state index in [9.17, 15) is 4.79 Å². The third kappa shape index (κ3) is 2.84. The van der Waals surface area contributed by atoms with Crippen molar-refractivity contribution >= 4 is 23.2 Å². The van der Waals surface area contributed by atoms with Gasteiger partial charge in [-0.2, -0.15) is 0 Å². The van der Waals surface area contributed by atoms with Gasteiger partial charge in [0.15, 0.2) is 0 Å². The van der Waals surface area contributed by atoms with Crippen molar-refractivity contribution in [2.24, 2.45) is 0 Å².